The predicted octanol–water partition coefficient (Wildman–Crippen LogP) is 3.63. The monoisotopic (exact) mass is 260 g/mol. The molecule has 3 nitrogen and oxygen atoms in total. The van der Waals surface area contributed by atoms with Crippen molar-refractivity contribution in [3.63, 3.8) is 0 Å². The third kappa shape index (κ3) is 2.06. The van der Waals surface area contributed by atoms with Crippen molar-refractivity contribution in [1.29, 1.82) is 0 Å². The first-order valence-electron chi connectivity index (χ1n) is 6.10. The van der Waals surface area contributed by atoms with Gasteiger partial charge in [-0.3, -0.25) is 4.79 Å². The number of nitrogens with one attached hydrogen (secondary N) is 1. The van der Waals surface area contributed by atoms with E-state index in [0.29, 0.717) is 5.15 Å². The fourth-order valence-corrected chi connectivity index (χ4v) is 2.35. The summed E-state index contributed by atoms with van der Waals surface area (Å²) >= 11 is 5.97. The molecule has 1 saturated carbocycles. The van der Waals surface area contributed by atoms with Crippen molar-refractivity contribution in [2.45, 2.75) is 19.3 Å². The van der Waals surface area contributed by atoms with E-state index >= 15 is 0 Å². The van der Waals surface area contributed by atoms with Crippen LogP contribution in [0, 0.1) is 5.92 Å². The normalized spacial score (nSPS) is 15.4. The number of nitrogens with zero attached hydrogens (tertiary/aromatic N) is 1. The molecular formula is C14H13ClN2O. The molecule has 1 fully saturated rings. The van der Waals surface area contributed by atoms with Gasteiger partial charge in [0.15, 0.2) is 0 Å². The van der Waals surface area contributed by atoms with E-state index in [1.165, 1.54) is 0 Å². The summed E-state index contributed by atoms with van der Waals surface area (Å²) in [4.78, 5) is 16.2. The highest BCUT2D eigenvalue weighted by Crippen LogP contribution is 2.30. The second kappa shape index (κ2) is 4.58. The summed E-state index contributed by atoms with van der Waals surface area (Å²) in [6.07, 6.45) is 3.13. The lowest BCUT2D eigenvalue weighted by Crippen LogP contribution is -2.28. The minimum Gasteiger partial charge on any atom is -0.325 e. The molecule has 1 amide bonds. The van der Waals surface area contributed by atoms with Gasteiger partial charge in [-0.25, -0.2) is 4.98 Å². The number of aromatic nitrogens is 1. The number of hydrogen-bond acceptors (Lipinski definition) is 2. The molecule has 2 aromatic rings. The van der Waals surface area contributed by atoms with E-state index in [2.05, 4.69) is 10.3 Å². The van der Waals surface area contributed by atoms with Crippen LogP contribution in [0.15, 0.2) is 30.3 Å². The van der Waals surface area contributed by atoms with Gasteiger partial charge in [0.25, 0.3) is 0 Å². The molecule has 18 heavy (non-hydrogen) atoms. The van der Waals surface area contributed by atoms with Crippen molar-refractivity contribution in [3.05, 3.63) is 35.5 Å². The Balaban J connectivity index is 1.97. The third-order valence-corrected chi connectivity index (χ3v) is 3.61. The number of benzene rings is 1. The number of fused-ring (bicyclic) bond motifs is 1. The van der Waals surface area contributed by atoms with Crippen molar-refractivity contribution in [3.8, 4) is 0 Å². The minimum atomic E-state index is 0.0914. The molecule has 1 N–H and O–H groups in total. The highest BCUT2D eigenvalue weighted by atomic mass is 35.5. The van der Waals surface area contributed by atoms with Crippen LogP contribution in [-0.4, -0.2) is 10.9 Å². The van der Waals surface area contributed by atoms with E-state index in [4.69, 9.17) is 11.6 Å². The van der Waals surface area contributed by atoms with Crippen LogP contribution in [0.2, 0.25) is 5.15 Å². The van der Waals surface area contributed by atoms with Crippen LogP contribution in [0.5, 0.6) is 0 Å². The Morgan fingerprint density at radius 3 is 2.83 bits per heavy atom. The van der Waals surface area contributed by atoms with Crippen molar-refractivity contribution in [2.75, 3.05) is 5.32 Å². The van der Waals surface area contributed by atoms with Gasteiger partial charge in [0, 0.05) is 11.3 Å². The topological polar surface area (TPSA) is 42.0 Å². The molecule has 0 saturated heterocycles. The summed E-state index contributed by atoms with van der Waals surface area (Å²) in [5, 5.41) is 4.29. The number of pyridine rings is 1. The first-order chi connectivity index (χ1) is 8.74. The number of carbonyl (C=O) groups excluding carboxylic acids is 1. The molecule has 0 atom stereocenters. The van der Waals surface area contributed by atoms with Gasteiger partial charge < -0.3 is 5.32 Å². The standard InChI is InChI=1S/C14H13ClN2O/c15-13-8-12(17-14(18)9-4-3-5-9)10-6-1-2-7-11(10)16-13/h1-2,6-9H,3-5H2,(H,16,17,18). The van der Waals surface area contributed by atoms with Crippen LogP contribution >= 0.6 is 11.6 Å². The molecule has 1 heterocycles. The maximum atomic E-state index is 12.0. The van der Waals surface area contributed by atoms with Crippen molar-refractivity contribution >= 4 is 34.1 Å². The molecule has 1 aromatic carbocycles. The van der Waals surface area contributed by atoms with Crippen LogP contribution < -0.4 is 5.32 Å². The minimum absolute atomic E-state index is 0.0914. The molecule has 3 rings (SSSR count). The molecule has 0 radical (unpaired) electrons. The van der Waals surface area contributed by atoms with Gasteiger partial charge in [-0.1, -0.05) is 36.2 Å². The molecule has 92 valence electrons. The first-order valence-corrected chi connectivity index (χ1v) is 6.48. The highest BCUT2D eigenvalue weighted by Gasteiger charge is 2.25. The molecule has 0 spiro atoms. The lowest BCUT2D eigenvalue weighted by Gasteiger charge is -2.24. The van der Waals surface area contributed by atoms with Gasteiger partial charge in [0.05, 0.1) is 11.2 Å². The summed E-state index contributed by atoms with van der Waals surface area (Å²) in [5.74, 6) is 0.254. The summed E-state index contributed by atoms with van der Waals surface area (Å²) < 4.78 is 0. The number of halogens is 1. The Bertz CT molecular complexity index is 608. The molecule has 4 heteroatoms. The lowest BCUT2D eigenvalue weighted by molar-refractivity contribution is -0.122. The molecule has 0 aliphatic heterocycles. The average molecular weight is 261 g/mol. The van der Waals surface area contributed by atoms with E-state index in [0.717, 1.165) is 35.9 Å². The number of amides is 1. The van der Waals surface area contributed by atoms with Crippen LogP contribution in [-0.2, 0) is 4.79 Å². The Morgan fingerprint density at radius 1 is 1.33 bits per heavy atom. The van der Waals surface area contributed by atoms with E-state index < -0.39 is 0 Å². The molecule has 1 aromatic heterocycles. The number of hydrogen-bond donors (Lipinski definition) is 1. The highest BCUT2D eigenvalue weighted by molar-refractivity contribution is 6.30. The summed E-state index contributed by atoms with van der Waals surface area (Å²) in [6, 6.07) is 9.37. The Labute approximate surface area is 110 Å². The van der Waals surface area contributed by atoms with Gasteiger partial charge in [-0.15, -0.1) is 0 Å². The second-order valence-electron chi connectivity index (χ2n) is 4.63. The zero-order chi connectivity index (χ0) is 12.5. The van der Waals surface area contributed by atoms with Crippen LogP contribution in [0.4, 0.5) is 5.69 Å². The maximum absolute atomic E-state index is 12.0. The molecule has 1 aliphatic carbocycles. The van der Waals surface area contributed by atoms with Crippen LogP contribution in [0.3, 0.4) is 0 Å². The first kappa shape index (κ1) is 11.5. The second-order valence-corrected chi connectivity index (χ2v) is 5.01. The lowest BCUT2D eigenvalue weighted by atomic mass is 9.85. The fourth-order valence-electron chi connectivity index (χ4n) is 2.15. The van der Waals surface area contributed by atoms with Gasteiger partial charge >= 0.3 is 0 Å². The average Bonchev–Trinajstić information content (AvgIpc) is 2.26. The van der Waals surface area contributed by atoms with E-state index in [9.17, 15) is 4.79 Å². The molecule has 0 bridgehead atoms. The Morgan fingerprint density at radius 2 is 2.11 bits per heavy atom. The zero-order valence-corrected chi connectivity index (χ0v) is 10.6. The summed E-state index contributed by atoms with van der Waals surface area (Å²) in [6.45, 7) is 0. The number of anilines is 1. The molecular weight excluding hydrogens is 248 g/mol. The smallest absolute Gasteiger partial charge is 0.227 e. The van der Waals surface area contributed by atoms with Gasteiger partial charge in [0.1, 0.15) is 5.15 Å². The predicted molar refractivity (Wildman–Crippen MR) is 72.7 cm³/mol. The van der Waals surface area contributed by atoms with E-state index in [1.54, 1.807) is 6.07 Å². The van der Waals surface area contributed by atoms with Gasteiger partial charge in [-0.2, -0.15) is 0 Å². The van der Waals surface area contributed by atoms with E-state index in [-0.39, 0.29) is 11.8 Å². The third-order valence-electron chi connectivity index (χ3n) is 3.42. The Hall–Kier alpha value is -1.61. The van der Waals surface area contributed by atoms with Crippen molar-refractivity contribution in [1.82, 2.24) is 4.98 Å². The Kier molecular flexibility index (Phi) is 2.92. The molecule has 1 aliphatic rings. The largest absolute Gasteiger partial charge is 0.325 e. The van der Waals surface area contributed by atoms with E-state index in [1.807, 2.05) is 24.3 Å². The molecule has 0 unspecified atom stereocenters. The van der Waals surface area contributed by atoms with Crippen molar-refractivity contribution in [2.24, 2.45) is 5.92 Å². The van der Waals surface area contributed by atoms with Crippen molar-refractivity contribution < 1.29 is 4.79 Å². The number of carbonyl (C=O) groups is 1. The van der Waals surface area contributed by atoms with Crippen LogP contribution in [0.1, 0.15) is 19.3 Å². The van der Waals surface area contributed by atoms with Gasteiger partial charge in [-0.05, 0) is 25.0 Å². The van der Waals surface area contributed by atoms with Crippen LogP contribution in [0.25, 0.3) is 10.9 Å². The van der Waals surface area contributed by atoms with Gasteiger partial charge in [0.2, 0.25) is 5.91 Å². The quantitative estimate of drug-likeness (QED) is 0.838. The summed E-state index contributed by atoms with van der Waals surface area (Å²) in [5.41, 5.74) is 1.55. The number of rotatable bonds is 2. The number of para-hydroxylation sites is 1. The maximum Gasteiger partial charge on any atom is 0.227 e. The zero-order valence-electron chi connectivity index (χ0n) is 9.82. The summed E-state index contributed by atoms with van der Waals surface area (Å²) in [7, 11) is 0. The fraction of sp³-hybridized carbons (Fsp3) is 0.286. The SMILES string of the molecule is O=C(Nc1cc(Cl)nc2ccccc12)C1CCC1.